The van der Waals surface area contributed by atoms with Crippen molar-refractivity contribution in [1.29, 1.82) is 0 Å². The Labute approximate surface area is 196 Å². The van der Waals surface area contributed by atoms with E-state index in [9.17, 15) is 9.90 Å². The summed E-state index contributed by atoms with van der Waals surface area (Å²) in [6.07, 6.45) is -0.819. The molecule has 0 amide bonds. The van der Waals surface area contributed by atoms with E-state index in [0.717, 1.165) is 10.4 Å². The zero-order valence-electron chi connectivity index (χ0n) is 19.8. The van der Waals surface area contributed by atoms with Crippen molar-refractivity contribution in [2.24, 2.45) is 0 Å². The Hall–Kier alpha value is -2.61. The number of aliphatic hydroxyl groups is 1. The van der Waals surface area contributed by atoms with E-state index in [4.69, 9.17) is 18.6 Å². The van der Waals surface area contributed by atoms with Crippen molar-refractivity contribution >= 4 is 24.7 Å². The van der Waals surface area contributed by atoms with Crippen LogP contribution in [0, 0.1) is 0 Å². The number of benzene rings is 2. The van der Waals surface area contributed by atoms with Crippen molar-refractivity contribution in [1.82, 2.24) is 0 Å². The number of cyclic esters (lactones) is 1. The molecular formula is C26H32O6Si. The molecule has 1 saturated heterocycles. The third-order valence-corrected chi connectivity index (χ3v) is 11.2. The van der Waals surface area contributed by atoms with Gasteiger partial charge in [-0.3, -0.25) is 0 Å². The minimum Gasteiger partial charge on any atom is -0.532 e. The van der Waals surface area contributed by atoms with Crippen LogP contribution in [-0.4, -0.2) is 44.0 Å². The van der Waals surface area contributed by atoms with Crippen LogP contribution < -0.4 is 10.4 Å². The smallest absolute Gasteiger partial charge is 0.377 e. The average molecular weight is 469 g/mol. The Bertz CT molecular complexity index is 986. The van der Waals surface area contributed by atoms with Crippen LogP contribution in [0.25, 0.3) is 0 Å². The number of hydrogen-bond donors (Lipinski definition) is 1. The molecule has 4 rings (SSSR count). The van der Waals surface area contributed by atoms with Crippen LogP contribution in [0.15, 0.2) is 72.2 Å². The summed E-state index contributed by atoms with van der Waals surface area (Å²) in [5.74, 6) is -1.95. The molecule has 2 aromatic carbocycles. The quantitative estimate of drug-likeness (QED) is 0.532. The van der Waals surface area contributed by atoms with Crippen LogP contribution in [0.1, 0.15) is 41.0 Å². The summed E-state index contributed by atoms with van der Waals surface area (Å²) in [4.78, 5) is 12.5. The fourth-order valence-electron chi connectivity index (χ4n) is 4.72. The summed E-state index contributed by atoms with van der Waals surface area (Å²) in [6.45, 7) is 10.5. The number of esters is 1. The maximum absolute atomic E-state index is 12.5. The zero-order valence-corrected chi connectivity index (χ0v) is 20.8. The molecule has 0 aliphatic carbocycles. The van der Waals surface area contributed by atoms with Gasteiger partial charge in [0.2, 0.25) is 5.76 Å². The van der Waals surface area contributed by atoms with Gasteiger partial charge in [-0.2, -0.15) is 0 Å². The summed E-state index contributed by atoms with van der Waals surface area (Å²) >= 11 is 0. The molecule has 2 aromatic rings. The molecule has 7 heteroatoms. The summed E-state index contributed by atoms with van der Waals surface area (Å²) in [5.41, 5.74) is 0. The van der Waals surface area contributed by atoms with Gasteiger partial charge in [0.1, 0.15) is 6.10 Å². The largest absolute Gasteiger partial charge is 0.532 e. The number of carbonyl (C=O) groups is 1. The minimum absolute atomic E-state index is 0.150. The molecule has 6 nitrogen and oxygen atoms in total. The molecule has 0 saturated carbocycles. The highest BCUT2D eigenvalue weighted by Gasteiger charge is 2.56. The van der Waals surface area contributed by atoms with E-state index < -0.39 is 38.0 Å². The van der Waals surface area contributed by atoms with Crippen LogP contribution in [0.5, 0.6) is 0 Å². The lowest BCUT2D eigenvalue weighted by Gasteiger charge is -2.44. The second kappa shape index (κ2) is 8.63. The monoisotopic (exact) mass is 468 g/mol. The van der Waals surface area contributed by atoms with Gasteiger partial charge in [0, 0.05) is 6.42 Å². The molecule has 33 heavy (non-hydrogen) atoms. The third kappa shape index (κ3) is 4.33. The number of carbonyl (C=O) groups excluding carboxylic acids is 1. The average Bonchev–Trinajstić information content (AvgIpc) is 3.05. The van der Waals surface area contributed by atoms with Gasteiger partial charge in [0.15, 0.2) is 17.7 Å². The Morgan fingerprint density at radius 1 is 1.00 bits per heavy atom. The van der Waals surface area contributed by atoms with Gasteiger partial charge in [-0.25, -0.2) is 4.79 Å². The van der Waals surface area contributed by atoms with Crippen molar-refractivity contribution in [3.8, 4) is 0 Å². The number of hydrogen-bond acceptors (Lipinski definition) is 6. The Balaban J connectivity index is 1.85. The second-order valence-electron chi connectivity index (χ2n) is 10.00. The SMILES string of the molecule is CC1(C)OCCC(C2OC(=O)C(O)=C2O[Si](c2ccccc2)(c2ccccc2)C(C)(C)C)O1. The van der Waals surface area contributed by atoms with Crippen molar-refractivity contribution in [3.05, 3.63) is 72.2 Å². The zero-order chi connectivity index (χ0) is 23.9. The molecule has 2 aliphatic heterocycles. The summed E-state index contributed by atoms with van der Waals surface area (Å²) in [7, 11) is -3.06. The van der Waals surface area contributed by atoms with E-state index in [1.54, 1.807) is 0 Å². The van der Waals surface area contributed by atoms with Gasteiger partial charge in [-0.15, -0.1) is 0 Å². The first kappa shape index (κ1) is 23.5. The maximum atomic E-state index is 12.5. The van der Waals surface area contributed by atoms with Crippen molar-refractivity contribution < 1.29 is 28.5 Å². The fourth-order valence-corrected chi connectivity index (χ4v) is 9.19. The van der Waals surface area contributed by atoms with E-state index >= 15 is 0 Å². The molecule has 2 aliphatic rings. The molecule has 0 radical (unpaired) electrons. The van der Waals surface area contributed by atoms with E-state index in [-0.39, 0.29) is 10.8 Å². The molecule has 0 spiro atoms. The van der Waals surface area contributed by atoms with Crippen molar-refractivity contribution in [3.63, 3.8) is 0 Å². The van der Waals surface area contributed by atoms with Gasteiger partial charge < -0.3 is 23.7 Å². The Kier molecular flexibility index (Phi) is 6.16. The summed E-state index contributed by atoms with van der Waals surface area (Å²) in [6, 6.07) is 20.1. The van der Waals surface area contributed by atoms with Crippen molar-refractivity contribution in [2.75, 3.05) is 6.61 Å². The van der Waals surface area contributed by atoms with E-state index in [1.807, 2.05) is 50.2 Å². The highest BCUT2D eigenvalue weighted by molar-refractivity contribution is 6.99. The molecule has 2 heterocycles. The van der Waals surface area contributed by atoms with Gasteiger partial charge >= 0.3 is 14.3 Å². The van der Waals surface area contributed by atoms with Crippen LogP contribution in [-0.2, 0) is 23.4 Å². The standard InChI is InChI=1S/C26H32O6Si/c1-25(2,3)33(18-12-8-6-9-13-18,19-14-10-7-11-15-19)32-23-21(27)24(28)30-22(23)20-16-17-29-26(4,5)31-20/h6-15,20,22,27H,16-17H2,1-5H3. The molecule has 176 valence electrons. The Morgan fingerprint density at radius 3 is 2.03 bits per heavy atom. The molecule has 1 N–H and O–H groups in total. The first-order chi connectivity index (χ1) is 15.6. The molecule has 0 bridgehead atoms. The number of ether oxygens (including phenoxy) is 3. The lowest BCUT2D eigenvalue weighted by Crippen LogP contribution is -2.67. The molecule has 0 aromatic heterocycles. The lowest BCUT2D eigenvalue weighted by molar-refractivity contribution is -0.286. The van der Waals surface area contributed by atoms with Gasteiger partial charge in [0.25, 0.3) is 0 Å². The normalized spacial score (nSPS) is 23.4. The first-order valence-electron chi connectivity index (χ1n) is 11.3. The van der Waals surface area contributed by atoms with Gasteiger partial charge in [-0.1, -0.05) is 81.4 Å². The van der Waals surface area contributed by atoms with Crippen LogP contribution >= 0.6 is 0 Å². The van der Waals surface area contributed by atoms with Crippen molar-refractivity contribution in [2.45, 2.75) is 64.1 Å². The van der Waals surface area contributed by atoms with Crippen LogP contribution in [0.4, 0.5) is 0 Å². The highest BCUT2D eigenvalue weighted by atomic mass is 28.4. The molecule has 2 atom stereocenters. The topological polar surface area (TPSA) is 74.2 Å². The molecule has 2 unspecified atom stereocenters. The van der Waals surface area contributed by atoms with Gasteiger partial charge in [0.05, 0.1) is 6.61 Å². The number of rotatable bonds is 5. The maximum Gasteiger partial charge on any atom is 0.377 e. The Morgan fingerprint density at radius 2 is 1.55 bits per heavy atom. The first-order valence-corrected chi connectivity index (χ1v) is 13.2. The number of aliphatic hydroxyl groups excluding tert-OH is 1. The predicted molar refractivity (Wildman–Crippen MR) is 128 cm³/mol. The second-order valence-corrected chi connectivity index (χ2v) is 14.2. The fraction of sp³-hybridized carbons (Fsp3) is 0.423. The predicted octanol–water partition coefficient (Wildman–Crippen LogP) is 3.80. The van der Waals surface area contributed by atoms with E-state index in [0.29, 0.717) is 13.0 Å². The molecular weight excluding hydrogens is 436 g/mol. The van der Waals surface area contributed by atoms with E-state index in [1.165, 1.54) is 0 Å². The lowest BCUT2D eigenvalue weighted by atomic mass is 10.1. The van der Waals surface area contributed by atoms with Gasteiger partial charge in [-0.05, 0) is 29.3 Å². The highest BCUT2D eigenvalue weighted by Crippen LogP contribution is 2.41. The minimum atomic E-state index is -3.06. The summed E-state index contributed by atoms with van der Waals surface area (Å²) in [5, 5.41) is 12.6. The van der Waals surface area contributed by atoms with Crippen LogP contribution in [0.2, 0.25) is 5.04 Å². The van der Waals surface area contributed by atoms with Crippen LogP contribution in [0.3, 0.4) is 0 Å². The molecule has 1 fully saturated rings. The van der Waals surface area contributed by atoms with E-state index in [2.05, 4.69) is 45.0 Å². The summed E-state index contributed by atoms with van der Waals surface area (Å²) < 4.78 is 24.3. The third-order valence-electron chi connectivity index (χ3n) is 6.22.